The molecule has 4 nitrogen and oxygen atoms in total. The van der Waals surface area contributed by atoms with Crippen LogP contribution in [0.2, 0.25) is 0 Å². The van der Waals surface area contributed by atoms with Crippen molar-refractivity contribution in [2.24, 2.45) is 0 Å². The minimum atomic E-state index is 0.976. The van der Waals surface area contributed by atoms with Gasteiger partial charge < -0.3 is 18.9 Å². The first kappa shape index (κ1) is 39.7. The number of nitrogens with zero attached hydrogens (tertiary/aromatic N) is 4. The quantitative estimate of drug-likeness (QED) is 0.121. The molecule has 0 radical (unpaired) electrons. The van der Waals surface area contributed by atoms with Crippen molar-refractivity contribution in [1.82, 2.24) is 9.13 Å². The van der Waals surface area contributed by atoms with Gasteiger partial charge in [0.25, 0.3) is 0 Å². The summed E-state index contributed by atoms with van der Waals surface area (Å²) in [4.78, 5) is 4.74. The molecule has 4 heteroatoms. The molecule has 0 spiro atoms. The lowest BCUT2D eigenvalue weighted by Crippen LogP contribution is -2.30. The van der Waals surface area contributed by atoms with Crippen LogP contribution in [0.3, 0.4) is 0 Å². The number of rotatable bonds is 11. The predicted molar refractivity (Wildman–Crippen MR) is 278 cm³/mol. The predicted octanol–water partition coefficient (Wildman–Crippen LogP) is 15.5. The molecule has 0 aliphatic heterocycles. The Balaban J connectivity index is 0.951. The van der Waals surface area contributed by atoms with Gasteiger partial charge in [0.2, 0.25) is 0 Å². The largest absolute Gasteiger partial charge is 0.310 e. The highest BCUT2D eigenvalue weighted by Gasteiger charge is 2.20. The highest BCUT2D eigenvalue weighted by molar-refractivity contribution is 6.10. The van der Waals surface area contributed by atoms with Gasteiger partial charge in [-0.25, -0.2) is 0 Å². The van der Waals surface area contributed by atoms with E-state index in [0.29, 0.717) is 0 Å². The van der Waals surface area contributed by atoms with Crippen LogP contribution in [0.25, 0.3) is 67.4 Å². The number of anilines is 6. The number of allylic oxidation sites excluding steroid dienone is 4. The second-order valence-electron chi connectivity index (χ2n) is 16.7. The fourth-order valence-corrected chi connectivity index (χ4v) is 9.83. The van der Waals surface area contributed by atoms with Crippen molar-refractivity contribution in [1.29, 1.82) is 0 Å². The third-order valence-corrected chi connectivity index (χ3v) is 12.7. The molecular formula is C61H50N4. The van der Waals surface area contributed by atoms with E-state index in [0.717, 1.165) is 59.1 Å². The Kier molecular flexibility index (Phi) is 10.5. The summed E-state index contributed by atoms with van der Waals surface area (Å²) < 4.78 is 4.82. The molecule has 0 bridgehead atoms. The Morgan fingerprint density at radius 2 is 0.969 bits per heavy atom. The molecule has 2 heterocycles. The number of hydrogen-bond donors (Lipinski definition) is 0. The molecule has 10 aromatic rings. The maximum Gasteiger partial charge on any atom is 0.0542 e. The van der Waals surface area contributed by atoms with Crippen LogP contribution >= 0.6 is 0 Å². The minimum absolute atomic E-state index is 0.976. The average Bonchev–Trinajstić information content (AvgIpc) is 3.88. The molecule has 1 aliphatic rings. The van der Waals surface area contributed by atoms with Crippen LogP contribution in [0, 0.1) is 0 Å². The van der Waals surface area contributed by atoms with Crippen molar-refractivity contribution in [3.05, 3.63) is 229 Å². The maximum atomic E-state index is 2.45. The van der Waals surface area contributed by atoms with Crippen LogP contribution in [0.1, 0.15) is 33.1 Å². The van der Waals surface area contributed by atoms with Crippen LogP contribution in [-0.4, -0.2) is 9.13 Å². The zero-order valence-electron chi connectivity index (χ0n) is 36.8. The van der Waals surface area contributed by atoms with Gasteiger partial charge in [-0.3, -0.25) is 0 Å². The average molecular weight is 839 g/mol. The summed E-state index contributed by atoms with van der Waals surface area (Å²) in [6.45, 7) is 4.31. The van der Waals surface area contributed by atoms with Crippen LogP contribution < -0.4 is 20.4 Å². The van der Waals surface area contributed by atoms with Gasteiger partial charge in [-0.15, -0.1) is 0 Å². The monoisotopic (exact) mass is 838 g/mol. The molecule has 314 valence electrons. The highest BCUT2D eigenvalue weighted by atomic mass is 15.1. The molecule has 0 atom stereocenters. The van der Waals surface area contributed by atoms with Crippen molar-refractivity contribution in [2.45, 2.75) is 33.1 Å². The highest BCUT2D eigenvalue weighted by Crippen LogP contribution is 2.41. The summed E-state index contributed by atoms with van der Waals surface area (Å²) >= 11 is 0. The van der Waals surface area contributed by atoms with Crippen LogP contribution in [0.15, 0.2) is 218 Å². The number of para-hydroxylation sites is 4. The van der Waals surface area contributed by atoms with Gasteiger partial charge in [-0.2, -0.15) is 0 Å². The fraction of sp³-hybridized carbons (Fsp3) is 0.0820. The molecule has 2 aromatic heterocycles. The number of fused-ring (bicyclic) bond motifs is 6. The van der Waals surface area contributed by atoms with Gasteiger partial charge >= 0.3 is 0 Å². The molecule has 65 heavy (non-hydrogen) atoms. The van der Waals surface area contributed by atoms with E-state index in [9.17, 15) is 0 Å². The van der Waals surface area contributed by atoms with E-state index < -0.39 is 0 Å². The maximum absolute atomic E-state index is 2.45. The number of hydrogen-bond acceptors (Lipinski definition) is 2. The lowest BCUT2D eigenvalue weighted by Gasteiger charge is -2.26. The van der Waals surface area contributed by atoms with E-state index in [1.807, 2.05) is 0 Å². The normalized spacial score (nSPS) is 12.7. The second-order valence-corrected chi connectivity index (χ2v) is 16.7. The van der Waals surface area contributed by atoms with E-state index in [1.165, 1.54) is 60.1 Å². The summed E-state index contributed by atoms with van der Waals surface area (Å²) in [5, 5.41) is 6.36. The summed E-state index contributed by atoms with van der Waals surface area (Å²) in [5.41, 5.74) is 15.0. The molecule has 0 saturated carbocycles. The topological polar surface area (TPSA) is 16.3 Å². The molecule has 0 unspecified atom stereocenters. The van der Waals surface area contributed by atoms with Crippen LogP contribution in [-0.2, 0) is 0 Å². The lowest BCUT2D eigenvalue weighted by molar-refractivity contribution is 1.04. The van der Waals surface area contributed by atoms with E-state index in [1.54, 1.807) is 0 Å². The summed E-state index contributed by atoms with van der Waals surface area (Å²) in [5.74, 6) is 0. The van der Waals surface area contributed by atoms with Gasteiger partial charge in [0.15, 0.2) is 0 Å². The Bertz CT molecular complexity index is 3500. The van der Waals surface area contributed by atoms with Gasteiger partial charge in [0, 0.05) is 72.2 Å². The van der Waals surface area contributed by atoms with Crippen LogP contribution in [0.4, 0.5) is 34.1 Å². The zero-order chi connectivity index (χ0) is 43.7. The smallest absolute Gasteiger partial charge is 0.0542 e. The first-order chi connectivity index (χ1) is 32.2. The zero-order valence-corrected chi connectivity index (χ0v) is 36.8. The van der Waals surface area contributed by atoms with E-state index in [4.69, 9.17) is 0 Å². The molecule has 0 saturated heterocycles. The lowest BCUT2D eigenvalue weighted by atomic mass is 10.0. The SMILES string of the molecule is CC=CC(=CCC)n1c2c(c3cc(N(c4ccccc4)c4ccc(-c5ccc(N(c6ccccc6)c6ccc7c(c6)c6ccccc6n7-c6ccccc6)cc5)cc4)ccc31)=CCCC=2. The Morgan fingerprint density at radius 3 is 1.57 bits per heavy atom. The first-order valence-corrected chi connectivity index (χ1v) is 22.9. The number of aromatic nitrogens is 2. The molecular weight excluding hydrogens is 789 g/mol. The first-order valence-electron chi connectivity index (χ1n) is 22.9. The number of benzene rings is 8. The summed E-state index contributed by atoms with van der Waals surface area (Å²) in [6, 6.07) is 72.6. The van der Waals surface area contributed by atoms with Gasteiger partial charge in [0.05, 0.1) is 16.6 Å². The summed E-state index contributed by atoms with van der Waals surface area (Å²) in [6.07, 6.45) is 14.6. The third kappa shape index (κ3) is 7.23. The van der Waals surface area contributed by atoms with Crippen LogP contribution in [0.5, 0.6) is 0 Å². The van der Waals surface area contributed by atoms with Crippen molar-refractivity contribution < 1.29 is 0 Å². The molecule has 1 aliphatic carbocycles. The molecule has 8 aromatic carbocycles. The van der Waals surface area contributed by atoms with Gasteiger partial charge in [-0.05, 0) is 147 Å². The van der Waals surface area contributed by atoms with E-state index in [2.05, 4.69) is 263 Å². The standard InChI is InChI=1S/C61H50N4/c1-3-18-46(19-4-2)64-58-28-16-14-26-54(58)56-42-52(38-40-60(56)64)62(47-20-8-5-9-21-47)50-34-30-44(31-35-50)45-32-36-51(37-33-45)63(48-22-10-6-11-23-48)53-39-41-61-57(43-53)55-27-15-17-29-59(55)65(61)49-24-12-7-13-25-49/h3,5-13,15,17-43H,4,14,16H2,1-2H3. The molecule has 11 rings (SSSR count). The van der Waals surface area contributed by atoms with E-state index >= 15 is 0 Å². The van der Waals surface area contributed by atoms with Crippen molar-refractivity contribution >= 4 is 84.7 Å². The minimum Gasteiger partial charge on any atom is -0.310 e. The molecule has 0 amide bonds. The Morgan fingerprint density at radius 1 is 0.477 bits per heavy atom. The second kappa shape index (κ2) is 17.2. The third-order valence-electron chi connectivity index (χ3n) is 12.7. The van der Waals surface area contributed by atoms with Crippen molar-refractivity contribution in [3.63, 3.8) is 0 Å². The van der Waals surface area contributed by atoms with Crippen molar-refractivity contribution in [2.75, 3.05) is 9.80 Å². The Labute approximate surface area is 380 Å². The fourth-order valence-electron chi connectivity index (χ4n) is 9.83. The van der Waals surface area contributed by atoms with E-state index in [-0.39, 0.29) is 0 Å². The molecule has 0 N–H and O–H groups in total. The van der Waals surface area contributed by atoms with Gasteiger partial charge in [0.1, 0.15) is 0 Å². The van der Waals surface area contributed by atoms with Crippen molar-refractivity contribution in [3.8, 4) is 16.8 Å². The Hall–Kier alpha value is -8.08. The molecule has 0 fully saturated rings. The summed E-state index contributed by atoms with van der Waals surface area (Å²) in [7, 11) is 0. The van der Waals surface area contributed by atoms with Gasteiger partial charge in [-0.1, -0.05) is 128 Å².